The second-order valence-corrected chi connectivity index (χ2v) is 13.7. The standard InChI is InChI=1S/C30H39S.H2O/c1-28(2,3)22-10-16-25(17-11-22)31(26-18-12-23(13-19-26)29(4,5)6)27-20-14-24(15-21-27)30(7,8)9;/h10-21H,1-9H3;1H2/q+1;/p-1. The largest absolute Gasteiger partial charge is 0.870 e. The predicted octanol–water partition coefficient (Wildman–Crippen LogP) is 8.50. The lowest BCUT2D eigenvalue weighted by Crippen LogP contribution is -2.13. The Balaban J connectivity index is 0.00000363. The molecule has 0 unspecified atom stereocenters. The average molecular weight is 449 g/mol. The van der Waals surface area contributed by atoms with E-state index in [1.54, 1.807) is 0 Å². The van der Waals surface area contributed by atoms with Crippen LogP contribution < -0.4 is 0 Å². The van der Waals surface area contributed by atoms with Crippen LogP contribution in [0.15, 0.2) is 87.5 Å². The third kappa shape index (κ3) is 6.05. The van der Waals surface area contributed by atoms with Crippen molar-refractivity contribution in [1.82, 2.24) is 0 Å². The first-order chi connectivity index (χ1) is 14.3. The van der Waals surface area contributed by atoms with Gasteiger partial charge in [-0.3, -0.25) is 0 Å². The second kappa shape index (κ2) is 9.45. The van der Waals surface area contributed by atoms with Gasteiger partial charge in [-0.2, -0.15) is 0 Å². The third-order valence-electron chi connectivity index (χ3n) is 5.87. The van der Waals surface area contributed by atoms with Crippen molar-refractivity contribution in [2.45, 2.75) is 93.2 Å². The predicted molar refractivity (Wildman–Crippen MR) is 140 cm³/mol. The van der Waals surface area contributed by atoms with Crippen molar-refractivity contribution in [2.24, 2.45) is 0 Å². The van der Waals surface area contributed by atoms with Crippen LogP contribution in [0.5, 0.6) is 0 Å². The summed E-state index contributed by atoms with van der Waals surface area (Å²) in [6, 6.07) is 27.8. The zero-order valence-electron chi connectivity index (χ0n) is 21.3. The van der Waals surface area contributed by atoms with Crippen LogP contribution in [0.25, 0.3) is 0 Å². The summed E-state index contributed by atoms with van der Waals surface area (Å²) in [4.78, 5) is 4.13. The van der Waals surface area contributed by atoms with Crippen molar-refractivity contribution in [3.8, 4) is 0 Å². The summed E-state index contributed by atoms with van der Waals surface area (Å²) in [6.07, 6.45) is 0. The molecule has 0 saturated heterocycles. The lowest BCUT2D eigenvalue weighted by atomic mass is 9.87. The van der Waals surface area contributed by atoms with Gasteiger partial charge in [0.15, 0.2) is 14.7 Å². The second-order valence-electron chi connectivity index (χ2n) is 11.6. The van der Waals surface area contributed by atoms with Crippen LogP contribution >= 0.6 is 0 Å². The van der Waals surface area contributed by atoms with E-state index in [2.05, 4.69) is 135 Å². The van der Waals surface area contributed by atoms with Crippen LogP contribution in [0.3, 0.4) is 0 Å². The highest BCUT2D eigenvalue weighted by Crippen LogP contribution is 2.35. The molecular formula is C30H40OS. The molecule has 1 nitrogen and oxygen atoms in total. The van der Waals surface area contributed by atoms with E-state index in [4.69, 9.17) is 0 Å². The van der Waals surface area contributed by atoms with Crippen LogP contribution in [0.1, 0.15) is 79.0 Å². The highest BCUT2D eigenvalue weighted by molar-refractivity contribution is 7.97. The average Bonchev–Trinajstić information content (AvgIpc) is 2.67. The minimum atomic E-state index is -0.120. The monoisotopic (exact) mass is 448 g/mol. The van der Waals surface area contributed by atoms with Gasteiger partial charge in [0, 0.05) is 0 Å². The molecule has 0 aliphatic heterocycles. The lowest BCUT2D eigenvalue weighted by Gasteiger charge is -2.21. The molecule has 3 aromatic carbocycles. The van der Waals surface area contributed by atoms with E-state index in [9.17, 15) is 0 Å². The van der Waals surface area contributed by atoms with Crippen molar-refractivity contribution in [3.63, 3.8) is 0 Å². The van der Waals surface area contributed by atoms with Crippen LogP contribution in [0.4, 0.5) is 0 Å². The maximum Gasteiger partial charge on any atom is 0.166 e. The lowest BCUT2D eigenvalue weighted by molar-refractivity contribution is 0.589. The first kappa shape index (κ1) is 26.2. The molecule has 0 aliphatic carbocycles. The van der Waals surface area contributed by atoms with E-state index in [1.165, 1.54) is 31.4 Å². The maximum absolute atomic E-state index is 2.33. The molecule has 0 fully saturated rings. The highest BCUT2D eigenvalue weighted by Gasteiger charge is 2.30. The number of rotatable bonds is 3. The van der Waals surface area contributed by atoms with Gasteiger partial charge in [0.2, 0.25) is 0 Å². The molecule has 0 atom stereocenters. The third-order valence-corrected chi connectivity index (χ3v) is 8.10. The normalized spacial score (nSPS) is 12.6. The molecular weight excluding hydrogens is 408 g/mol. The van der Waals surface area contributed by atoms with Crippen molar-refractivity contribution in [1.29, 1.82) is 0 Å². The van der Waals surface area contributed by atoms with E-state index < -0.39 is 0 Å². The van der Waals surface area contributed by atoms with Crippen molar-refractivity contribution in [2.75, 3.05) is 0 Å². The Labute approximate surface area is 198 Å². The Morgan fingerprint density at radius 3 is 0.719 bits per heavy atom. The zero-order chi connectivity index (χ0) is 23.0. The molecule has 172 valence electrons. The fourth-order valence-electron chi connectivity index (χ4n) is 3.68. The molecule has 0 aromatic heterocycles. The molecule has 1 N–H and O–H groups in total. The molecule has 0 aliphatic rings. The van der Waals surface area contributed by atoms with E-state index in [1.807, 2.05) is 0 Å². The van der Waals surface area contributed by atoms with E-state index >= 15 is 0 Å². The van der Waals surface area contributed by atoms with E-state index in [0.29, 0.717) is 0 Å². The Bertz CT molecular complexity index is 857. The Hall–Kier alpha value is -2.03. The van der Waals surface area contributed by atoms with Gasteiger partial charge in [-0.25, -0.2) is 0 Å². The minimum absolute atomic E-state index is 0. The summed E-state index contributed by atoms with van der Waals surface area (Å²) in [5.74, 6) is 0. The number of benzene rings is 3. The maximum atomic E-state index is 2.33. The van der Waals surface area contributed by atoms with Gasteiger partial charge in [0.05, 0.1) is 10.9 Å². The van der Waals surface area contributed by atoms with E-state index in [-0.39, 0.29) is 32.6 Å². The van der Waals surface area contributed by atoms with Gasteiger partial charge in [-0.15, -0.1) is 0 Å². The molecule has 0 radical (unpaired) electrons. The summed E-state index contributed by atoms with van der Waals surface area (Å²) in [7, 11) is -0.120. The summed E-state index contributed by atoms with van der Waals surface area (Å²) < 4.78 is 0. The summed E-state index contributed by atoms with van der Waals surface area (Å²) >= 11 is 0. The molecule has 0 saturated carbocycles. The van der Waals surface area contributed by atoms with Gasteiger partial charge in [0.1, 0.15) is 0 Å². The molecule has 32 heavy (non-hydrogen) atoms. The molecule has 0 spiro atoms. The van der Waals surface area contributed by atoms with Gasteiger partial charge in [-0.1, -0.05) is 98.7 Å². The van der Waals surface area contributed by atoms with Gasteiger partial charge >= 0.3 is 0 Å². The van der Waals surface area contributed by atoms with Gasteiger partial charge in [0.25, 0.3) is 0 Å². The highest BCUT2D eigenvalue weighted by atomic mass is 32.2. The molecule has 0 amide bonds. The molecule has 0 bridgehead atoms. The molecule has 0 heterocycles. The van der Waals surface area contributed by atoms with Crippen molar-refractivity contribution in [3.05, 3.63) is 89.5 Å². The number of hydrogen-bond acceptors (Lipinski definition) is 1. The fourth-order valence-corrected chi connectivity index (χ4v) is 5.72. The van der Waals surface area contributed by atoms with Crippen LogP contribution in [-0.2, 0) is 27.1 Å². The van der Waals surface area contributed by atoms with Crippen molar-refractivity contribution < 1.29 is 5.48 Å². The first-order valence-electron chi connectivity index (χ1n) is 11.3. The zero-order valence-corrected chi connectivity index (χ0v) is 22.1. The summed E-state index contributed by atoms with van der Waals surface area (Å²) in [5, 5.41) is 0. The van der Waals surface area contributed by atoms with Crippen LogP contribution in [-0.4, -0.2) is 5.48 Å². The quantitative estimate of drug-likeness (QED) is 0.369. The molecule has 3 aromatic rings. The number of hydrogen-bond donors (Lipinski definition) is 0. The smallest absolute Gasteiger partial charge is 0.166 e. The summed E-state index contributed by atoms with van der Waals surface area (Å²) in [5.41, 5.74) is 4.64. The minimum Gasteiger partial charge on any atom is -0.870 e. The topological polar surface area (TPSA) is 30.0 Å². The molecule has 2 heteroatoms. The Morgan fingerprint density at radius 2 is 0.562 bits per heavy atom. The summed E-state index contributed by atoms with van der Waals surface area (Å²) in [6.45, 7) is 20.5. The Kier molecular flexibility index (Phi) is 7.75. The van der Waals surface area contributed by atoms with Gasteiger partial charge in [-0.05, 0) is 69.3 Å². The SMILES string of the molecule is CC(C)(C)c1ccc([S+](c2ccc(C(C)(C)C)cc2)c2ccc(C(C)(C)C)cc2)cc1.[OH-]. The van der Waals surface area contributed by atoms with Gasteiger partial charge < -0.3 is 5.48 Å². The van der Waals surface area contributed by atoms with E-state index in [0.717, 1.165) is 0 Å². The molecule has 3 rings (SSSR count). The van der Waals surface area contributed by atoms with Crippen LogP contribution in [0, 0.1) is 0 Å². The first-order valence-corrected chi connectivity index (χ1v) is 12.6. The fraction of sp³-hybridized carbons (Fsp3) is 0.400. The van der Waals surface area contributed by atoms with Crippen molar-refractivity contribution >= 4 is 10.9 Å². The Morgan fingerprint density at radius 1 is 0.375 bits per heavy atom. The van der Waals surface area contributed by atoms with Crippen LogP contribution in [0.2, 0.25) is 0 Å².